The highest BCUT2D eigenvalue weighted by molar-refractivity contribution is 7.15. The molecule has 2 aromatic heterocycles. The molecule has 18 heteroatoms. The molecule has 4 aliphatic heterocycles. The monoisotopic (exact) mass is 919 g/mol. The van der Waals surface area contributed by atoms with Crippen molar-refractivity contribution in [2.75, 3.05) is 63.9 Å². The summed E-state index contributed by atoms with van der Waals surface area (Å²) in [6.45, 7) is 14.3. The van der Waals surface area contributed by atoms with Crippen molar-refractivity contribution in [2.45, 2.75) is 71.9 Å². The number of thiophene rings is 1. The number of amides is 3. The number of hydrogen-bond donors (Lipinski definition) is 2. The summed E-state index contributed by atoms with van der Waals surface area (Å²) >= 11 is 20.2. The first-order valence-electron chi connectivity index (χ1n) is 21.3. The number of aliphatic imine (C=N–C) groups is 1. The highest BCUT2D eigenvalue weighted by Gasteiger charge is 2.35. The van der Waals surface area contributed by atoms with E-state index in [1.54, 1.807) is 28.5 Å². The molecule has 4 aromatic rings. The van der Waals surface area contributed by atoms with Crippen molar-refractivity contribution in [3.63, 3.8) is 0 Å². The van der Waals surface area contributed by atoms with Gasteiger partial charge in [0.05, 0.1) is 41.0 Å². The quantitative estimate of drug-likeness (QED) is 0.161. The summed E-state index contributed by atoms with van der Waals surface area (Å²) in [7, 11) is 0. The van der Waals surface area contributed by atoms with Gasteiger partial charge in [-0.05, 0) is 75.9 Å². The molecule has 3 amide bonds. The number of fused-ring (bicyclic) bond motifs is 3. The zero-order valence-corrected chi connectivity index (χ0v) is 38.5. The number of rotatable bonds is 11. The molecular formula is C44H52Cl3N11O3S. The van der Waals surface area contributed by atoms with E-state index in [0.29, 0.717) is 71.9 Å². The third kappa shape index (κ3) is 9.73. The molecule has 2 atom stereocenters. The Morgan fingerprint density at radius 2 is 1.63 bits per heavy atom. The van der Waals surface area contributed by atoms with E-state index in [1.807, 2.05) is 49.1 Å². The van der Waals surface area contributed by atoms with Crippen LogP contribution in [0.3, 0.4) is 0 Å². The normalized spacial score (nSPS) is 19.7. The van der Waals surface area contributed by atoms with Gasteiger partial charge in [-0.3, -0.25) is 38.8 Å². The van der Waals surface area contributed by atoms with E-state index < -0.39 is 6.04 Å². The number of aromatic nitrogens is 3. The van der Waals surface area contributed by atoms with E-state index >= 15 is 0 Å². The number of nitrogens with zero attached hydrogens (tertiary/aromatic N) is 9. The Morgan fingerprint density at radius 1 is 0.887 bits per heavy atom. The van der Waals surface area contributed by atoms with Crippen molar-refractivity contribution in [3.05, 3.63) is 90.7 Å². The first-order chi connectivity index (χ1) is 29.8. The molecule has 2 aromatic carbocycles. The lowest BCUT2D eigenvalue weighted by molar-refractivity contribution is -0.133. The van der Waals surface area contributed by atoms with Gasteiger partial charge in [0.15, 0.2) is 5.82 Å². The first kappa shape index (κ1) is 44.2. The smallest absolute Gasteiger partial charge is 0.234 e. The SMILES string of the molecule is Cc1sc2c(c1C)C(c1ccc(Cl)cc1)=N[C@@H](CC(=O)N1CCC(N3CCN(CC(=O)NCCCC(=O)NC4=NN(c5ccc(Cl)c(Cl)c5)CC4C)CC3)CC1)c1nnc(C)n1-2. The predicted octanol–water partition coefficient (Wildman–Crippen LogP) is 6.59. The van der Waals surface area contributed by atoms with Crippen molar-refractivity contribution >= 4 is 81.1 Å². The molecule has 0 bridgehead atoms. The van der Waals surface area contributed by atoms with Gasteiger partial charge in [0.1, 0.15) is 22.7 Å². The third-order valence-corrected chi connectivity index (χ3v) is 14.5. The fraction of sp³-hybridized carbons (Fsp3) is 0.477. The molecule has 2 N–H and O–H groups in total. The highest BCUT2D eigenvalue weighted by Crippen LogP contribution is 2.40. The summed E-state index contributed by atoms with van der Waals surface area (Å²) in [5, 5.41) is 23.9. The van der Waals surface area contributed by atoms with Crippen LogP contribution in [0.15, 0.2) is 52.6 Å². The maximum atomic E-state index is 14.0. The molecular weight excluding hydrogens is 869 g/mol. The van der Waals surface area contributed by atoms with Crippen LogP contribution in [-0.4, -0.2) is 124 Å². The molecule has 2 fully saturated rings. The topological polar surface area (TPSA) is 144 Å². The molecule has 62 heavy (non-hydrogen) atoms. The maximum Gasteiger partial charge on any atom is 0.234 e. The first-order valence-corrected chi connectivity index (χ1v) is 23.3. The van der Waals surface area contributed by atoms with Crippen LogP contribution in [0.2, 0.25) is 15.1 Å². The third-order valence-electron chi connectivity index (χ3n) is 12.3. The molecule has 0 saturated carbocycles. The van der Waals surface area contributed by atoms with Gasteiger partial charge in [-0.25, -0.2) is 0 Å². The molecule has 0 spiro atoms. The lowest BCUT2D eigenvalue weighted by Gasteiger charge is -2.42. The maximum absolute atomic E-state index is 14.0. The lowest BCUT2D eigenvalue weighted by Crippen LogP contribution is -2.55. The summed E-state index contributed by atoms with van der Waals surface area (Å²) in [5.41, 5.74) is 4.81. The number of amidine groups is 1. The van der Waals surface area contributed by atoms with Crippen molar-refractivity contribution in [1.82, 2.24) is 40.1 Å². The Kier molecular flexibility index (Phi) is 13.7. The minimum absolute atomic E-state index is 0.0377. The van der Waals surface area contributed by atoms with Crippen LogP contribution in [-0.2, 0) is 14.4 Å². The Labute approximate surface area is 381 Å². The van der Waals surface area contributed by atoms with Crippen LogP contribution in [0, 0.1) is 26.7 Å². The number of carbonyl (C=O) groups is 3. The van der Waals surface area contributed by atoms with E-state index in [9.17, 15) is 14.4 Å². The van der Waals surface area contributed by atoms with E-state index in [4.69, 9.17) is 39.8 Å². The molecule has 8 rings (SSSR count). The van der Waals surface area contributed by atoms with Crippen LogP contribution in [0.25, 0.3) is 5.00 Å². The standard InChI is InChI=1S/C44H52Cl3N11O3S/c1-26-24-57(33-11-12-34(46)35(47)22-33)53-42(26)50-37(59)6-5-15-48-38(60)25-54-18-20-55(21-19-54)32-13-16-56(17-14-32)39(61)23-36-43-52-51-29(4)58(43)44-40(27(2)28(3)62-44)41(49-36)30-7-9-31(45)10-8-30/h7-12,22,26,32,36H,5-6,13-21,23-25H2,1-4H3,(H,48,60)(H,50,53,59)/t26?,36-/m0/s1. The fourth-order valence-corrected chi connectivity index (χ4v) is 10.3. The summed E-state index contributed by atoms with van der Waals surface area (Å²) < 4.78 is 2.09. The zero-order chi connectivity index (χ0) is 43.7. The van der Waals surface area contributed by atoms with Crippen LogP contribution >= 0.6 is 46.1 Å². The molecule has 14 nitrogen and oxygen atoms in total. The number of hydrazone groups is 1. The molecule has 328 valence electrons. The van der Waals surface area contributed by atoms with E-state index in [0.717, 1.165) is 77.9 Å². The summed E-state index contributed by atoms with van der Waals surface area (Å²) in [4.78, 5) is 52.7. The fourth-order valence-electron chi connectivity index (χ4n) is 8.71. The van der Waals surface area contributed by atoms with Crippen molar-refractivity contribution in [2.24, 2.45) is 16.0 Å². The van der Waals surface area contributed by atoms with Gasteiger partial charge in [0.25, 0.3) is 0 Å². The molecule has 6 heterocycles. The van der Waals surface area contributed by atoms with E-state index in [1.165, 1.54) is 4.88 Å². The summed E-state index contributed by atoms with van der Waals surface area (Å²) in [6.07, 6.45) is 2.81. The average Bonchev–Trinajstić information content (AvgIpc) is 3.89. The second kappa shape index (κ2) is 19.2. The number of piperidine rings is 1. The van der Waals surface area contributed by atoms with Crippen LogP contribution in [0.1, 0.15) is 78.3 Å². The number of benzene rings is 2. The minimum atomic E-state index is -0.494. The second-order valence-corrected chi connectivity index (χ2v) is 19.1. The van der Waals surface area contributed by atoms with Crippen LogP contribution in [0.5, 0.6) is 0 Å². The average molecular weight is 921 g/mol. The van der Waals surface area contributed by atoms with Gasteiger partial charge in [-0.1, -0.05) is 53.9 Å². The van der Waals surface area contributed by atoms with E-state index in [2.05, 4.69) is 54.1 Å². The summed E-state index contributed by atoms with van der Waals surface area (Å²) in [6, 6.07) is 13.0. The van der Waals surface area contributed by atoms with E-state index in [-0.39, 0.29) is 36.5 Å². The Balaban J connectivity index is 0.770. The van der Waals surface area contributed by atoms with Gasteiger partial charge in [-0.2, -0.15) is 5.10 Å². The van der Waals surface area contributed by atoms with Gasteiger partial charge in [0.2, 0.25) is 17.7 Å². The molecule has 2 saturated heterocycles. The van der Waals surface area contributed by atoms with Crippen LogP contribution in [0.4, 0.5) is 5.69 Å². The van der Waals surface area contributed by atoms with Crippen molar-refractivity contribution < 1.29 is 14.4 Å². The Bertz CT molecular complexity index is 2380. The number of halogens is 3. The Morgan fingerprint density at radius 3 is 2.35 bits per heavy atom. The van der Waals surface area contributed by atoms with Crippen molar-refractivity contribution in [1.29, 1.82) is 0 Å². The van der Waals surface area contributed by atoms with Gasteiger partial charge < -0.3 is 15.5 Å². The number of hydrogen-bond acceptors (Lipinski definition) is 11. The predicted molar refractivity (Wildman–Crippen MR) is 246 cm³/mol. The largest absolute Gasteiger partial charge is 0.355 e. The minimum Gasteiger partial charge on any atom is -0.355 e. The summed E-state index contributed by atoms with van der Waals surface area (Å²) in [5.74, 6) is 2.01. The highest BCUT2D eigenvalue weighted by atomic mass is 35.5. The molecule has 0 radical (unpaired) electrons. The zero-order valence-electron chi connectivity index (χ0n) is 35.5. The number of piperazine rings is 1. The molecule has 1 unspecified atom stereocenters. The number of anilines is 1. The second-order valence-electron chi connectivity index (χ2n) is 16.6. The number of aryl methyl sites for hydroxylation is 2. The Hall–Kier alpha value is -4.38. The number of carbonyl (C=O) groups excluding carboxylic acids is 3. The lowest BCUT2D eigenvalue weighted by atomic mass is 9.99. The van der Waals surface area contributed by atoms with Crippen LogP contribution < -0.4 is 15.6 Å². The van der Waals surface area contributed by atoms with Gasteiger partial charge in [0, 0.05) is 85.2 Å². The molecule has 4 aliphatic rings. The number of nitrogens with one attached hydrogen (secondary N) is 2. The van der Waals surface area contributed by atoms with Gasteiger partial charge in [-0.15, -0.1) is 21.5 Å². The van der Waals surface area contributed by atoms with Gasteiger partial charge >= 0.3 is 0 Å². The van der Waals surface area contributed by atoms with Crippen molar-refractivity contribution in [3.8, 4) is 5.00 Å². The number of likely N-dealkylation sites (tertiary alicyclic amines) is 1. The molecule has 0 aliphatic carbocycles.